The number of aryl methyl sites for hydroxylation is 1. The average Bonchev–Trinajstić information content (AvgIpc) is 2.88. The van der Waals surface area contributed by atoms with Gasteiger partial charge in [-0.25, -0.2) is 9.59 Å². The van der Waals surface area contributed by atoms with Crippen LogP contribution in [-0.2, 0) is 30.3 Å². The first kappa shape index (κ1) is 35.0. The number of unbranched alkanes of at least 4 members (excludes halogenated alkanes) is 1. The number of carbonyl (C=O) groups is 3. The molecule has 43 heavy (non-hydrogen) atoms. The normalized spacial score (nSPS) is 15.3. The molecule has 1 heterocycles. The molecule has 17 heteroatoms. The monoisotopic (exact) mass is 626 g/mol. The Kier molecular flexibility index (Phi) is 12.5. The quantitative estimate of drug-likeness (QED) is 0.0924. The molecule has 2 atom stereocenters. The molecule has 0 spiro atoms. The number of hydrogen-bond donors (Lipinski definition) is 3. The Labute approximate surface area is 242 Å². The van der Waals surface area contributed by atoms with Gasteiger partial charge in [-0.1, -0.05) is 6.92 Å². The van der Waals surface area contributed by atoms with Gasteiger partial charge in [-0.3, -0.25) is 9.79 Å². The number of nitrogens with one attached hydrogen (secondary N) is 1. The number of ether oxygens (including phenoxy) is 4. The zero-order chi connectivity index (χ0) is 32.4. The van der Waals surface area contributed by atoms with Gasteiger partial charge < -0.3 is 35.7 Å². The van der Waals surface area contributed by atoms with E-state index in [1.54, 1.807) is 0 Å². The molecule has 11 nitrogen and oxygen atoms in total. The summed E-state index contributed by atoms with van der Waals surface area (Å²) in [6, 6.07) is 0.764. The van der Waals surface area contributed by atoms with E-state index in [9.17, 15) is 40.7 Å². The third-order valence-electron chi connectivity index (χ3n) is 5.77. The van der Waals surface area contributed by atoms with Crippen molar-refractivity contribution in [3.8, 4) is 11.5 Å². The second-order valence-corrected chi connectivity index (χ2v) is 9.25. The SMILES string of the molecule is CCc1cc(OC(F)(F)F)cc2c1O[C@H](C(F)(F)F)C(C(=O)OCCCCOC(=O)[C@H](CCCN=C(N)N)NC(C)=O)=C2. The second kappa shape index (κ2) is 15.3. The van der Waals surface area contributed by atoms with Crippen LogP contribution in [0.5, 0.6) is 11.5 Å². The first-order valence-electron chi connectivity index (χ1n) is 13.1. The lowest BCUT2D eigenvalue weighted by atomic mass is 9.97. The molecular weight excluding hydrogens is 594 g/mol. The number of fused-ring (bicyclic) bond motifs is 1. The fourth-order valence-electron chi connectivity index (χ4n) is 3.95. The van der Waals surface area contributed by atoms with Gasteiger partial charge in [0.2, 0.25) is 12.0 Å². The van der Waals surface area contributed by atoms with E-state index in [4.69, 9.17) is 25.7 Å². The van der Waals surface area contributed by atoms with Gasteiger partial charge in [-0.15, -0.1) is 13.2 Å². The molecule has 0 aromatic heterocycles. The van der Waals surface area contributed by atoms with Crippen LogP contribution in [-0.4, -0.2) is 68.2 Å². The second-order valence-electron chi connectivity index (χ2n) is 9.25. The molecule has 1 aliphatic rings. The summed E-state index contributed by atoms with van der Waals surface area (Å²) in [7, 11) is 0. The van der Waals surface area contributed by atoms with E-state index in [2.05, 4.69) is 15.0 Å². The van der Waals surface area contributed by atoms with Crippen molar-refractivity contribution in [3.05, 3.63) is 28.8 Å². The largest absolute Gasteiger partial charge is 0.573 e. The predicted octanol–water partition coefficient (Wildman–Crippen LogP) is 3.28. The minimum Gasteiger partial charge on any atom is -0.475 e. The fraction of sp³-hybridized carbons (Fsp3) is 0.538. The van der Waals surface area contributed by atoms with Crippen LogP contribution in [0.1, 0.15) is 50.7 Å². The zero-order valence-electron chi connectivity index (χ0n) is 23.3. The molecule has 1 amide bonds. The zero-order valence-corrected chi connectivity index (χ0v) is 23.3. The third kappa shape index (κ3) is 11.5. The van der Waals surface area contributed by atoms with E-state index in [1.807, 2.05) is 0 Å². The summed E-state index contributed by atoms with van der Waals surface area (Å²) in [4.78, 5) is 40.1. The van der Waals surface area contributed by atoms with E-state index in [0.29, 0.717) is 6.42 Å². The fourth-order valence-corrected chi connectivity index (χ4v) is 3.95. The van der Waals surface area contributed by atoms with Crippen molar-refractivity contribution < 1.29 is 59.7 Å². The highest BCUT2D eigenvalue weighted by molar-refractivity contribution is 5.96. The van der Waals surface area contributed by atoms with Crippen LogP contribution in [0.15, 0.2) is 22.7 Å². The summed E-state index contributed by atoms with van der Waals surface area (Å²) in [5, 5.41) is 2.45. The number of nitrogens with two attached hydrogens (primary N) is 2. The van der Waals surface area contributed by atoms with Crippen LogP contribution in [0.25, 0.3) is 6.08 Å². The van der Waals surface area contributed by atoms with Crippen LogP contribution in [0.4, 0.5) is 26.3 Å². The van der Waals surface area contributed by atoms with Gasteiger partial charge in [0.05, 0.1) is 18.8 Å². The molecule has 0 bridgehead atoms. The summed E-state index contributed by atoms with van der Waals surface area (Å²) < 4.78 is 98.6. The first-order valence-corrected chi connectivity index (χ1v) is 13.1. The number of halogens is 6. The number of guanidine groups is 1. The summed E-state index contributed by atoms with van der Waals surface area (Å²) in [6.07, 6.45) is -11.2. The number of carbonyl (C=O) groups excluding carboxylic acids is 3. The summed E-state index contributed by atoms with van der Waals surface area (Å²) in [5.41, 5.74) is 9.30. The molecule has 1 aliphatic heterocycles. The minimum atomic E-state index is -5.05. The third-order valence-corrected chi connectivity index (χ3v) is 5.77. The van der Waals surface area contributed by atoms with Crippen molar-refractivity contribution in [3.63, 3.8) is 0 Å². The Morgan fingerprint density at radius 1 is 1.05 bits per heavy atom. The summed E-state index contributed by atoms with van der Waals surface area (Å²) in [5.74, 6) is -3.73. The highest BCUT2D eigenvalue weighted by atomic mass is 19.4. The highest BCUT2D eigenvalue weighted by Crippen LogP contribution is 2.42. The van der Waals surface area contributed by atoms with Crippen LogP contribution in [0.2, 0.25) is 0 Å². The molecule has 240 valence electrons. The number of alkyl halides is 6. The lowest BCUT2D eigenvalue weighted by molar-refractivity contribution is -0.274. The van der Waals surface area contributed by atoms with E-state index in [1.165, 1.54) is 13.8 Å². The molecule has 1 aromatic carbocycles. The molecule has 5 N–H and O–H groups in total. The van der Waals surface area contributed by atoms with Crippen molar-refractivity contribution in [1.29, 1.82) is 0 Å². The van der Waals surface area contributed by atoms with Gasteiger partial charge in [0.15, 0.2) is 5.96 Å². The number of nitrogens with zero attached hydrogens (tertiary/aromatic N) is 1. The van der Waals surface area contributed by atoms with Gasteiger partial charge in [0.25, 0.3) is 0 Å². The van der Waals surface area contributed by atoms with E-state index >= 15 is 0 Å². The molecule has 0 saturated carbocycles. The number of aliphatic imine (C=N–C) groups is 1. The van der Waals surface area contributed by atoms with Crippen molar-refractivity contribution in [2.24, 2.45) is 16.5 Å². The van der Waals surface area contributed by atoms with Crippen LogP contribution < -0.4 is 26.3 Å². The van der Waals surface area contributed by atoms with Crippen LogP contribution in [0.3, 0.4) is 0 Å². The maximum Gasteiger partial charge on any atom is 0.573 e. The van der Waals surface area contributed by atoms with E-state index in [-0.39, 0.29) is 68.3 Å². The van der Waals surface area contributed by atoms with Gasteiger partial charge in [-0.2, -0.15) is 13.2 Å². The molecule has 0 fully saturated rings. The maximum atomic E-state index is 13.8. The van der Waals surface area contributed by atoms with E-state index < -0.39 is 53.9 Å². The van der Waals surface area contributed by atoms with Crippen molar-refractivity contribution >= 4 is 29.9 Å². The van der Waals surface area contributed by atoms with Crippen LogP contribution >= 0.6 is 0 Å². The number of benzene rings is 1. The summed E-state index contributed by atoms with van der Waals surface area (Å²) >= 11 is 0. The molecule has 0 saturated heterocycles. The maximum absolute atomic E-state index is 13.8. The number of amides is 1. The van der Waals surface area contributed by atoms with Gasteiger partial charge >= 0.3 is 24.5 Å². The molecule has 2 rings (SSSR count). The van der Waals surface area contributed by atoms with Gasteiger partial charge in [0, 0.05) is 19.0 Å². The topological polar surface area (TPSA) is 165 Å². The Balaban J connectivity index is 2.00. The molecule has 0 radical (unpaired) electrons. The predicted molar refractivity (Wildman–Crippen MR) is 140 cm³/mol. The number of esters is 2. The minimum absolute atomic E-state index is 0.0127. The number of hydrogen-bond acceptors (Lipinski definition) is 8. The Morgan fingerprint density at radius 3 is 2.26 bits per heavy atom. The molecule has 0 unspecified atom stereocenters. The van der Waals surface area contributed by atoms with Gasteiger partial charge in [0.1, 0.15) is 17.5 Å². The Hall–Kier alpha value is -4.18. The molecule has 0 aliphatic carbocycles. The Bertz CT molecular complexity index is 1210. The average molecular weight is 627 g/mol. The molecular formula is C26H32F6N4O7. The van der Waals surface area contributed by atoms with Crippen molar-refractivity contribution in [2.75, 3.05) is 19.8 Å². The van der Waals surface area contributed by atoms with Crippen molar-refractivity contribution in [2.45, 2.75) is 70.6 Å². The van der Waals surface area contributed by atoms with Crippen molar-refractivity contribution in [1.82, 2.24) is 5.32 Å². The van der Waals surface area contributed by atoms with E-state index in [0.717, 1.165) is 18.2 Å². The standard InChI is InChI=1S/C26H32F6N4O7/c1-3-15-11-17(43-26(30,31)32)12-16-13-18(21(25(27,28)29)42-20(15)16)22(38)40-9-4-5-10-41-23(39)19(36-14(2)37)7-6-8-35-24(33)34/h11-13,19,21H,3-10H2,1-2H3,(H,36,37)(H4,33,34,35)/t19-,21-/m0/s1. The van der Waals surface area contributed by atoms with Gasteiger partial charge in [-0.05, 0) is 55.9 Å². The van der Waals surface area contributed by atoms with Crippen LogP contribution in [0, 0.1) is 0 Å². The highest BCUT2D eigenvalue weighted by Gasteiger charge is 2.49. The summed E-state index contributed by atoms with van der Waals surface area (Å²) in [6.45, 7) is 2.43. The molecule has 1 aromatic rings. The Morgan fingerprint density at radius 2 is 1.70 bits per heavy atom. The lowest BCUT2D eigenvalue weighted by Gasteiger charge is -2.29. The first-order chi connectivity index (χ1) is 20.0. The lowest BCUT2D eigenvalue weighted by Crippen LogP contribution is -2.41. The smallest absolute Gasteiger partial charge is 0.475 e. The number of rotatable bonds is 14.